The molecule has 5 rings (SSSR count). The fourth-order valence-corrected chi connectivity index (χ4v) is 5.10. The summed E-state index contributed by atoms with van der Waals surface area (Å²) in [5, 5.41) is 1.63. The summed E-state index contributed by atoms with van der Waals surface area (Å²) in [7, 11) is 0. The molecule has 0 unspecified atom stereocenters. The first-order valence-corrected chi connectivity index (χ1v) is 12.4. The fraction of sp³-hybridized carbons (Fsp3) is 0.370. The van der Waals surface area contributed by atoms with Crippen molar-refractivity contribution >= 4 is 39.9 Å². The molecule has 2 aliphatic heterocycles. The van der Waals surface area contributed by atoms with Crippen LogP contribution in [0.25, 0.3) is 28.0 Å². The van der Waals surface area contributed by atoms with Crippen molar-refractivity contribution in [3.05, 3.63) is 59.6 Å². The molecule has 0 atom stereocenters. The van der Waals surface area contributed by atoms with E-state index < -0.39 is 0 Å². The summed E-state index contributed by atoms with van der Waals surface area (Å²) in [5.74, 6) is 1.62. The van der Waals surface area contributed by atoms with E-state index >= 15 is 0 Å². The molecule has 3 aromatic rings. The van der Waals surface area contributed by atoms with Gasteiger partial charge in [0.05, 0.1) is 10.5 Å². The van der Waals surface area contributed by atoms with Gasteiger partial charge in [0.1, 0.15) is 5.82 Å². The first kappa shape index (κ1) is 22.7. The van der Waals surface area contributed by atoms with Crippen molar-refractivity contribution in [2.45, 2.75) is 26.2 Å². The van der Waals surface area contributed by atoms with Gasteiger partial charge in [-0.2, -0.15) is 0 Å². The lowest BCUT2D eigenvalue weighted by molar-refractivity contribution is -0.129. The van der Waals surface area contributed by atoms with E-state index in [9.17, 15) is 4.79 Å². The Balaban J connectivity index is 1.57. The minimum atomic E-state index is 0.116. The summed E-state index contributed by atoms with van der Waals surface area (Å²) in [6.07, 6.45) is 3.71. The molecule has 2 fully saturated rings. The highest BCUT2D eigenvalue weighted by Crippen LogP contribution is 2.33. The largest absolute Gasteiger partial charge is 0.372 e. The average molecular weight is 476 g/mol. The molecular formula is C27H30ClN5O. The maximum atomic E-state index is 11.8. The number of likely N-dealkylation sites (tertiary alicyclic amines) is 1. The second kappa shape index (κ2) is 9.63. The van der Waals surface area contributed by atoms with Crippen molar-refractivity contribution in [3.63, 3.8) is 0 Å². The third-order valence-electron chi connectivity index (χ3n) is 6.89. The minimum Gasteiger partial charge on any atom is -0.372 e. The van der Waals surface area contributed by atoms with Crippen molar-refractivity contribution in [2.24, 2.45) is 0 Å². The Kier molecular flexibility index (Phi) is 6.42. The van der Waals surface area contributed by atoms with Crippen molar-refractivity contribution in [1.82, 2.24) is 19.8 Å². The molecule has 7 heteroatoms. The van der Waals surface area contributed by atoms with E-state index in [1.54, 1.807) is 6.92 Å². The molecule has 0 bridgehead atoms. The Morgan fingerprint density at radius 1 is 0.912 bits per heavy atom. The van der Waals surface area contributed by atoms with E-state index in [1.807, 2.05) is 29.2 Å². The van der Waals surface area contributed by atoms with Gasteiger partial charge in [-0.25, -0.2) is 9.97 Å². The number of piperazine rings is 1. The molecule has 6 nitrogen and oxygen atoms in total. The molecule has 176 valence electrons. The zero-order valence-corrected chi connectivity index (χ0v) is 20.4. The monoisotopic (exact) mass is 475 g/mol. The fourth-order valence-electron chi connectivity index (χ4n) is 4.88. The van der Waals surface area contributed by atoms with E-state index in [0.29, 0.717) is 23.9 Å². The molecule has 0 N–H and O–H groups in total. The summed E-state index contributed by atoms with van der Waals surface area (Å²) in [4.78, 5) is 28.3. The first-order chi connectivity index (χ1) is 16.5. The summed E-state index contributed by atoms with van der Waals surface area (Å²) in [5.41, 5.74) is 3.83. The summed E-state index contributed by atoms with van der Waals surface area (Å²) in [6, 6.07) is 14.1. The third-order valence-corrected chi connectivity index (χ3v) is 7.22. The first-order valence-electron chi connectivity index (χ1n) is 12.0. The van der Waals surface area contributed by atoms with Gasteiger partial charge >= 0.3 is 0 Å². The van der Waals surface area contributed by atoms with Crippen molar-refractivity contribution in [3.8, 4) is 11.4 Å². The Morgan fingerprint density at radius 3 is 2.35 bits per heavy atom. The number of benzene rings is 2. The number of nitrogens with zero attached hydrogens (tertiary/aromatic N) is 5. The topological polar surface area (TPSA) is 52.6 Å². The summed E-state index contributed by atoms with van der Waals surface area (Å²) >= 11 is 6.53. The molecule has 2 aromatic carbocycles. The average Bonchev–Trinajstić information content (AvgIpc) is 2.88. The quantitative estimate of drug-likeness (QED) is 0.527. The van der Waals surface area contributed by atoms with E-state index in [0.717, 1.165) is 59.7 Å². The lowest BCUT2D eigenvalue weighted by atomic mass is 10.0. The lowest BCUT2D eigenvalue weighted by Crippen LogP contribution is -2.48. The number of carbonyl (C=O) groups excluding carboxylic acids is 1. The summed E-state index contributed by atoms with van der Waals surface area (Å²) < 4.78 is 0. The zero-order valence-electron chi connectivity index (χ0n) is 19.6. The Labute approximate surface area is 205 Å². The molecule has 2 aliphatic rings. The minimum absolute atomic E-state index is 0.116. The number of rotatable bonds is 4. The molecule has 0 spiro atoms. The Bertz CT molecular complexity index is 1230. The number of carbonyl (C=O) groups is 1. The standard InChI is InChI=1S/C27H30ClN5O/c1-19(31-12-6-3-7-13-31)21-10-11-23-25(18-21)29-26(22-8-4-5-9-24(22)28)30-27(23)33-16-14-32(15-17-33)20(2)34/h4-5,8-11,18H,1,3,6-7,12-17H2,2H3. The predicted octanol–water partition coefficient (Wildman–Crippen LogP) is 5.08. The molecular weight excluding hydrogens is 446 g/mol. The van der Waals surface area contributed by atoms with E-state index in [4.69, 9.17) is 21.6 Å². The molecule has 34 heavy (non-hydrogen) atoms. The van der Waals surface area contributed by atoms with Crippen LogP contribution in [0.2, 0.25) is 5.02 Å². The predicted molar refractivity (Wildman–Crippen MR) is 139 cm³/mol. The second-order valence-corrected chi connectivity index (χ2v) is 9.48. The number of piperidine rings is 1. The van der Waals surface area contributed by atoms with Crippen LogP contribution in [-0.2, 0) is 4.79 Å². The van der Waals surface area contributed by atoms with Crippen LogP contribution in [-0.4, -0.2) is 64.9 Å². The van der Waals surface area contributed by atoms with Crippen LogP contribution in [0.15, 0.2) is 49.0 Å². The van der Waals surface area contributed by atoms with E-state index in [-0.39, 0.29) is 5.91 Å². The molecule has 0 saturated carbocycles. The van der Waals surface area contributed by atoms with Crippen molar-refractivity contribution in [2.75, 3.05) is 44.2 Å². The lowest BCUT2D eigenvalue weighted by Gasteiger charge is -2.35. The Morgan fingerprint density at radius 2 is 1.65 bits per heavy atom. The van der Waals surface area contributed by atoms with Crippen LogP contribution in [0, 0.1) is 0 Å². The number of aromatic nitrogens is 2. The molecule has 3 heterocycles. The van der Waals surface area contributed by atoms with Gasteiger partial charge in [0, 0.05) is 62.8 Å². The van der Waals surface area contributed by atoms with Crippen LogP contribution < -0.4 is 4.90 Å². The van der Waals surface area contributed by atoms with Crippen LogP contribution in [0.3, 0.4) is 0 Å². The van der Waals surface area contributed by atoms with Gasteiger partial charge in [0.25, 0.3) is 0 Å². The van der Waals surface area contributed by atoms with Crippen molar-refractivity contribution < 1.29 is 4.79 Å². The van der Waals surface area contributed by atoms with Gasteiger partial charge in [0.15, 0.2) is 5.82 Å². The van der Waals surface area contributed by atoms with Gasteiger partial charge in [-0.1, -0.05) is 36.4 Å². The maximum absolute atomic E-state index is 11.8. The Hall–Kier alpha value is -3.12. The van der Waals surface area contributed by atoms with Gasteiger partial charge in [0.2, 0.25) is 5.91 Å². The normalized spacial score (nSPS) is 16.7. The molecule has 1 amide bonds. The highest BCUT2D eigenvalue weighted by atomic mass is 35.5. The van der Waals surface area contributed by atoms with Crippen LogP contribution >= 0.6 is 11.6 Å². The van der Waals surface area contributed by atoms with Crippen LogP contribution in [0.1, 0.15) is 31.7 Å². The number of hydrogen-bond acceptors (Lipinski definition) is 5. The van der Waals surface area contributed by atoms with Crippen LogP contribution in [0.4, 0.5) is 5.82 Å². The number of halogens is 1. The van der Waals surface area contributed by atoms with Gasteiger partial charge in [-0.05, 0) is 49.1 Å². The highest BCUT2D eigenvalue weighted by molar-refractivity contribution is 6.33. The van der Waals surface area contributed by atoms with Gasteiger partial charge in [-0.15, -0.1) is 0 Å². The van der Waals surface area contributed by atoms with Gasteiger partial charge in [-0.3, -0.25) is 4.79 Å². The highest BCUT2D eigenvalue weighted by Gasteiger charge is 2.23. The molecule has 0 aliphatic carbocycles. The molecule has 0 radical (unpaired) electrons. The third kappa shape index (κ3) is 4.47. The number of anilines is 1. The maximum Gasteiger partial charge on any atom is 0.219 e. The molecule has 2 saturated heterocycles. The van der Waals surface area contributed by atoms with E-state index in [1.165, 1.54) is 19.3 Å². The zero-order chi connectivity index (χ0) is 23.7. The molecule has 1 aromatic heterocycles. The number of hydrogen-bond donors (Lipinski definition) is 0. The van der Waals surface area contributed by atoms with E-state index in [2.05, 4.69) is 34.6 Å². The SMILES string of the molecule is C=C(c1ccc2c(N3CCN(C(C)=O)CC3)nc(-c3ccccc3Cl)nc2c1)N1CCCCC1. The van der Waals surface area contributed by atoms with Crippen LogP contribution in [0.5, 0.6) is 0 Å². The second-order valence-electron chi connectivity index (χ2n) is 9.07. The summed E-state index contributed by atoms with van der Waals surface area (Å²) in [6.45, 7) is 11.0. The van der Waals surface area contributed by atoms with Gasteiger partial charge < -0.3 is 14.7 Å². The smallest absolute Gasteiger partial charge is 0.219 e. The number of fused-ring (bicyclic) bond motifs is 1. The number of amides is 1. The van der Waals surface area contributed by atoms with Crippen molar-refractivity contribution in [1.29, 1.82) is 0 Å².